The number of hydrogen-bond acceptors (Lipinski definition) is 2. The Morgan fingerprint density at radius 2 is 1.44 bits per heavy atom. The zero-order chi connectivity index (χ0) is 25.8. The molecule has 1 aliphatic rings. The molecule has 0 fully saturated rings. The number of nitrogens with one attached hydrogen (secondary N) is 1. The van der Waals surface area contributed by atoms with E-state index in [-0.39, 0.29) is 0 Å². The molecule has 5 aromatic carbocycles. The van der Waals surface area contributed by atoms with Crippen molar-refractivity contribution in [2.45, 2.75) is 0 Å². The van der Waals surface area contributed by atoms with Crippen molar-refractivity contribution >= 4 is 48.9 Å². The van der Waals surface area contributed by atoms with Crippen LogP contribution in [0.2, 0.25) is 0 Å². The van der Waals surface area contributed by atoms with E-state index in [1.54, 1.807) is 0 Å². The number of aromatic nitrogens is 2. The fourth-order valence-electron chi connectivity index (χ4n) is 5.93. The monoisotopic (exact) mass is 499 g/mol. The summed E-state index contributed by atoms with van der Waals surface area (Å²) in [4.78, 5) is 5.01. The topological polar surface area (TPSA) is 29.9 Å². The maximum atomic E-state index is 5.01. The average Bonchev–Trinajstić information content (AvgIpc) is 3.36. The van der Waals surface area contributed by atoms with Gasteiger partial charge in [-0.1, -0.05) is 84.9 Å². The van der Waals surface area contributed by atoms with Gasteiger partial charge < -0.3 is 9.88 Å². The molecule has 0 bridgehead atoms. The molecular weight excluding hydrogens is 474 g/mol. The number of para-hydroxylation sites is 1. The SMILES string of the molecule is C1=CC(c2cccc(-c3ccc4c(ccc5c6ccccc6n(-c6ccc7ccccc7c6)c45)c3)n2)=CCN1. The van der Waals surface area contributed by atoms with Crippen LogP contribution in [-0.2, 0) is 0 Å². The van der Waals surface area contributed by atoms with E-state index in [0.717, 1.165) is 29.1 Å². The molecule has 0 aliphatic carbocycles. The van der Waals surface area contributed by atoms with Crippen molar-refractivity contribution in [1.82, 2.24) is 14.9 Å². The lowest BCUT2D eigenvalue weighted by Gasteiger charge is -2.12. The van der Waals surface area contributed by atoms with Crippen LogP contribution in [0.5, 0.6) is 0 Å². The van der Waals surface area contributed by atoms with Gasteiger partial charge in [-0.05, 0) is 70.4 Å². The Balaban J connectivity index is 1.35. The van der Waals surface area contributed by atoms with Crippen LogP contribution in [0.3, 0.4) is 0 Å². The number of rotatable bonds is 3. The Labute approximate surface area is 226 Å². The van der Waals surface area contributed by atoms with E-state index in [0.29, 0.717) is 0 Å². The fourth-order valence-corrected chi connectivity index (χ4v) is 5.93. The van der Waals surface area contributed by atoms with Crippen molar-refractivity contribution < 1.29 is 0 Å². The molecule has 1 aliphatic heterocycles. The maximum Gasteiger partial charge on any atom is 0.0709 e. The average molecular weight is 500 g/mol. The molecular formula is C36H25N3. The van der Waals surface area contributed by atoms with Crippen LogP contribution in [0.25, 0.3) is 65.9 Å². The molecule has 3 heteroatoms. The highest BCUT2D eigenvalue weighted by Gasteiger charge is 2.16. The lowest BCUT2D eigenvalue weighted by Crippen LogP contribution is -2.08. The summed E-state index contributed by atoms with van der Waals surface area (Å²) in [6.07, 6.45) is 6.24. The quantitative estimate of drug-likeness (QED) is 0.264. The Kier molecular flexibility index (Phi) is 4.89. The summed E-state index contributed by atoms with van der Waals surface area (Å²) in [6, 6.07) is 41.6. The number of dihydropyridines is 1. The van der Waals surface area contributed by atoms with Crippen LogP contribution in [-0.4, -0.2) is 16.1 Å². The van der Waals surface area contributed by atoms with Gasteiger partial charge in [-0.15, -0.1) is 0 Å². The van der Waals surface area contributed by atoms with Crippen LogP contribution in [0.15, 0.2) is 134 Å². The van der Waals surface area contributed by atoms with Gasteiger partial charge in [0.15, 0.2) is 0 Å². The molecule has 0 amide bonds. The first-order chi connectivity index (χ1) is 19.3. The highest BCUT2D eigenvalue weighted by atomic mass is 15.0. The van der Waals surface area contributed by atoms with Crippen LogP contribution < -0.4 is 5.32 Å². The van der Waals surface area contributed by atoms with Crippen LogP contribution in [0, 0.1) is 0 Å². The molecule has 0 saturated heterocycles. The minimum atomic E-state index is 0.828. The molecule has 3 heterocycles. The standard InChI is InChI=1S/C36H25N3/c1-2-7-26-23-29(15-12-24(26)6-1)39-35-11-4-3-8-31(35)32-17-13-27-22-28(14-16-30(27)36(32)39)34-10-5-9-33(38-34)25-18-20-37-21-19-25/h1-20,22-23,37H,21H2. The first kappa shape index (κ1) is 21.9. The highest BCUT2D eigenvalue weighted by molar-refractivity contribution is 6.19. The number of nitrogens with zero attached hydrogens (tertiary/aromatic N) is 2. The summed E-state index contributed by atoms with van der Waals surface area (Å²) in [5, 5.41) is 10.7. The van der Waals surface area contributed by atoms with Gasteiger partial charge in [0.2, 0.25) is 0 Å². The van der Waals surface area contributed by atoms with Crippen molar-refractivity contribution in [2.24, 2.45) is 0 Å². The number of fused-ring (bicyclic) bond motifs is 6. The predicted molar refractivity (Wildman–Crippen MR) is 164 cm³/mol. The van der Waals surface area contributed by atoms with Crippen molar-refractivity contribution in [2.75, 3.05) is 6.54 Å². The number of hydrogen-bond donors (Lipinski definition) is 1. The van der Waals surface area contributed by atoms with Crippen LogP contribution in [0.1, 0.15) is 5.69 Å². The first-order valence-corrected chi connectivity index (χ1v) is 13.4. The smallest absolute Gasteiger partial charge is 0.0709 e. The van der Waals surface area contributed by atoms with Crippen LogP contribution in [0.4, 0.5) is 0 Å². The Bertz CT molecular complexity index is 2130. The molecule has 0 saturated carbocycles. The first-order valence-electron chi connectivity index (χ1n) is 13.4. The van der Waals surface area contributed by atoms with E-state index in [9.17, 15) is 0 Å². The summed E-state index contributed by atoms with van der Waals surface area (Å²) in [5.74, 6) is 0. The van der Waals surface area contributed by atoms with Crippen molar-refractivity contribution in [3.63, 3.8) is 0 Å². The van der Waals surface area contributed by atoms with E-state index >= 15 is 0 Å². The molecule has 0 atom stereocenters. The number of benzene rings is 5. The number of allylic oxidation sites excluding steroid dienone is 2. The van der Waals surface area contributed by atoms with Gasteiger partial charge in [0.1, 0.15) is 0 Å². The van der Waals surface area contributed by atoms with Gasteiger partial charge in [0.25, 0.3) is 0 Å². The zero-order valence-electron chi connectivity index (χ0n) is 21.3. The summed E-state index contributed by atoms with van der Waals surface area (Å²) in [7, 11) is 0. The summed E-state index contributed by atoms with van der Waals surface area (Å²) >= 11 is 0. The summed E-state index contributed by atoms with van der Waals surface area (Å²) in [6.45, 7) is 0.828. The minimum absolute atomic E-state index is 0.828. The van der Waals surface area contributed by atoms with Crippen molar-refractivity contribution in [1.29, 1.82) is 0 Å². The third kappa shape index (κ3) is 3.55. The third-order valence-electron chi connectivity index (χ3n) is 7.80. The predicted octanol–water partition coefficient (Wildman–Crippen LogP) is 8.65. The molecule has 8 rings (SSSR count). The van der Waals surface area contributed by atoms with Crippen molar-refractivity contribution in [3.05, 3.63) is 139 Å². The molecule has 2 aromatic heterocycles. The van der Waals surface area contributed by atoms with Gasteiger partial charge in [0.05, 0.1) is 22.4 Å². The second-order valence-corrected chi connectivity index (χ2v) is 10.1. The van der Waals surface area contributed by atoms with E-state index < -0.39 is 0 Å². The summed E-state index contributed by atoms with van der Waals surface area (Å²) in [5.41, 5.74) is 7.89. The van der Waals surface area contributed by atoms with Gasteiger partial charge in [-0.3, -0.25) is 0 Å². The molecule has 184 valence electrons. The van der Waals surface area contributed by atoms with Gasteiger partial charge in [-0.25, -0.2) is 4.98 Å². The molecule has 39 heavy (non-hydrogen) atoms. The molecule has 1 N–H and O–H groups in total. The highest BCUT2D eigenvalue weighted by Crippen LogP contribution is 2.38. The normalized spacial score (nSPS) is 13.3. The fraction of sp³-hybridized carbons (Fsp3) is 0.0278. The van der Waals surface area contributed by atoms with E-state index in [2.05, 4.69) is 137 Å². The van der Waals surface area contributed by atoms with E-state index in [4.69, 9.17) is 4.98 Å². The second-order valence-electron chi connectivity index (χ2n) is 10.1. The van der Waals surface area contributed by atoms with Gasteiger partial charge in [0, 0.05) is 34.0 Å². The number of pyridine rings is 1. The molecule has 3 nitrogen and oxygen atoms in total. The second kappa shape index (κ2) is 8.71. The molecule has 7 aromatic rings. The Hall–Kier alpha value is -5.15. The van der Waals surface area contributed by atoms with Crippen molar-refractivity contribution in [3.8, 4) is 16.9 Å². The minimum Gasteiger partial charge on any atom is -0.387 e. The van der Waals surface area contributed by atoms with Gasteiger partial charge in [-0.2, -0.15) is 0 Å². The largest absolute Gasteiger partial charge is 0.387 e. The summed E-state index contributed by atoms with van der Waals surface area (Å²) < 4.78 is 2.42. The Morgan fingerprint density at radius 3 is 2.36 bits per heavy atom. The Morgan fingerprint density at radius 1 is 0.615 bits per heavy atom. The van der Waals surface area contributed by atoms with Gasteiger partial charge >= 0.3 is 0 Å². The zero-order valence-corrected chi connectivity index (χ0v) is 21.3. The van der Waals surface area contributed by atoms with E-state index in [1.165, 1.54) is 49.0 Å². The molecule has 0 unspecified atom stereocenters. The third-order valence-corrected chi connectivity index (χ3v) is 7.80. The van der Waals surface area contributed by atoms with Crippen LogP contribution >= 0.6 is 0 Å². The molecule has 0 radical (unpaired) electrons. The van der Waals surface area contributed by atoms with E-state index in [1.807, 2.05) is 6.20 Å². The lowest BCUT2D eigenvalue weighted by atomic mass is 10.0. The molecule has 0 spiro atoms. The maximum absolute atomic E-state index is 5.01. The lowest BCUT2D eigenvalue weighted by molar-refractivity contribution is 0.974.